The molecule has 0 spiro atoms. The van der Waals surface area contributed by atoms with Gasteiger partial charge in [-0.15, -0.1) is 0 Å². The second-order valence-corrected chi connectivity index (χ2v) is 5.34. The first-order valence-electron chi connectivity index (χ1n) is 6.10. The molecular weight excluding hydrogens is 360 g/mol. The summed E-state index contributed by atoms with van der Waals surface area (Å²) in [6.45, 7) is 0.169. The minimum Gasteiger partial charge on any atom is -0.444 e. The number of halogens is 2. The van der Waals surface area contributed by atoms with Gasteiger partial charge in [0.15, 0.2) is 10.4 Å². The van der Waals surface area contributed by atoms with Crippen molar-refractivity contribution >= 4 is 39.3 Å². The average molecular weight is 372 g/mol. The van der Waals surface area contributed by atoms with Gasteiger partial charge in [0.1, 0.15) is 0 Å². The van der Waals surface area contributed by atoms with Crippen molar-refractivity contribution < 1.29 is 14.0 Å². The van der Waals surface area contributed by atoms with Crippen molar-refractivity contribution in [1.82, 2.24) is 10.6 Å². The topological polar surface area (TPSA) is 71.3 Å². The van der Waals surface area contributed by atoms with Gasteiger partial charge in [-0.2, -0.15) is 0 Å². The van der Waals surface area contributed by atoms with E-state index in [0.717, 1.165) is 5.56 Å². The van der Waals surface area contributed by atoms with Gasteiger partial charge in [0, 0.05) is 11.6 Å². The smallest absolute Gasteiger partial charge is 0.287 e. The Balaban J connectivity index is 1.78. The first kappa shape index (κ1) is 15.6. The van der Waals surface area contributed by atoms with Crippen molar-refractivity contribution in [3.63, 3.8) is 0 Å². The van der Waals surface area contributed by atoms with E-state index in [1.807, 2.05) is 18.2 Å². The van der Waals surface area contributed by atoms with E-state index in [9.17, 15) is 9.59 Å². The van der Waals surface area contributed by atoms with E-state index in [1.165, 1.54) is 6.07 Å². The second-order valence-electron chi connectivity index (χ2n) is 4.15. The van der Waals surface area contributed by atoms with Crippen molar-refractivity contribution in [2.45, 2.75) is 6.54 Å². The van der Waals surface area contributed by atoms with Crippen molar-refractivity contribution in [2.75, 3.05) is 6.54 Å². The lowest BCUT2D eigenvalue weighted by molar-refractivity contribution is -0.120. The molecule has 2 aromatic rings. The van der Waals surface area contributed by atoms with Crippen LogP contribution >= 0.6 is 27.5 Å². The molecule has 7 heteroatoms. The number of carbonyl (C=O) groups is 2. The van der Waals surface area contributed by atoms with Gasteiger partial charge in [-0.1, -0.05) is 29.8 Å². The van der Waals surface area contributed by atoms with Gasteiger partial charge in [-0.05, 0) is 39.7 Å². The zero-order valence-electron chi connectivity index (χ0n) is 10.9. The Morgan fingerprint density at radius 2 is 1.90 bits per heavy atom. The van der Waals surface area contributed by atoms with E-state index in [-0.39, 0.29) is 18.2 Å². The molecule has 0 aliphatic heterocycles. The van der Waals surface area contributed by atoms with Crippen molar-refractivity contribution in [3.05, 3.63) is 57.4 Å². The first-order chi connectivity index (χ1) is 10.1. The Morgan fingerprint density at radius 3 is 2.57 bits per heavy atom. The number of nitrogens with one attached hydrogen (secondary N) is 2. The fraction of sp³-hybridized carbons (Fsp3) is 0.143. The highest BCUT2D eigenvalue weighted by Gasteiger charge is 2.11. The molecule has 2 amide bonds. The zero-order valence-corrected chi connectivity index (χ0v) is 13.2. The number of benzene rings is 1. The van der Waals surface area contributed by atoms with Crippen molar-refractivity contribution in [2.24, 2.45) is 0 Å². The van der Waals surface area contributed by atoms with Gasteiger partial charge in [-0.25, -0.2) is 0 Å². The third kappa shape index (κ3) is 4.61. The van der Waals surface area contributed by atoms with Crippen LogP contribution in [0.4, 0.5) is 0 Å². The molecule has 2 N–H and O–H groups in total. The molecule has 0 atom stereocenters. The summed E-state index contributed by atoms with van der Waals surface area (Å²) in [6.07, 6.45) is 0. The standard InChI is InChI=1S/C14H12BrClN2O3/c15-12-6-5-11(21-12)14(20)18-8-13(19)17-7-9-3-1-2-4-10(9)16/h1-6H,7-8H2,(H,17,19)(H,18,20). The summed E-state index contributed by atoms with van der Waals surface area (Å²) in [6, 6.07) is 10.3. The molecule has 2 rings (SSSR count). The minimum atomic E-state index is -0.450. The van der Waals surface area contributed by atoms with Gasteiger partial charge < -0.3 is 15.1 Å². The summed E-state index contributed by atoms with van der Waals surface area (Å²) in [5.74, 6) is -0.622. The molecule has 1 aromatic carbocycles. The van der Waals surface area contributed by atoms with Crippen molar-refractivity contribution in [1.29, 1.82) is 0 Å². The predicted octanol–water partition coefficient (Wildman–Crippen LogP) is 2.74. The lowest BCUT2D eigenvalue weighted by Crippen LogP contribution is -2.36. The van der Waals surface area contributed by atoms with E-state index in [0.29, 0.717) is 16.2 Å². The molecule has 1 aromatic heterocycles. The first-order valence-corrected chi connectivity index (χ1v) is 7.27. The molecule has 1 heterocycles. The molecule has 0 bridgehead atoms. The highest BCUT2D eigenvalue weighted by molar-refractivity contribution is 9.10. The average Bonchev–Trinajstić information content (AvgIpc) is 2.90. The van der Waals surface area contributed by atoms with Crippen molar-refractivity contribution in [3.8, 4) is 0 Å². The van der Waals surface area contributed by atoms with Crippen LogP contribution in [-0.2, 0) is 11.3 Å². The van der Waals surface area contributed by atoms with Crippen LogP contribution < -0.4 is 10.6 Å². The van der Waals surface area contributed by atoms with Gasteiger partial charge in [-0.3, -0.25) is 9.59 Å². The zero-order chi connectivity index (χ0) is 15.2. The monoisotopic (exact) mass is 370 g/mol. The minimum absolute atomic E-state index is 0.137. The lowest BCUT2D eigenvalue weighted by Gasteiger charge is -2.07. The lowest BCUT2D eigenvalue weighted by atomic mass is 10.2. The molecule has 110 valence electrons. The Bertz CT molecular complexity index is 657. The van der Waals surface area contributed by atoms with E-state index in [1.54, 1.807) is 12.1 Å². The number of hydrogen-bond donors (Lipinski definition) is 2. The number of furan rings is 1. The fourth-order valence-electron chi connectivity index (χ4n) is 1.58. The Kier molecular flexibility index (Phi) is 5.41. The van der Waals surface area contributed by atoms with Gasteiger partial charge >= 0.3 is 0 Å². The molecule has 0 saturated carbocycles. The number of carbonyl (C=O) groups excluding carboxylic acids is 2. The van der Waals surface area contributed by atoms with Crippen LogP contribution in [0.15, 0.2) is 45.5 Å². The van der Waals surface area contributed by atoms with Gasteiger partial charge in [0.05, 0.1) is 6.54 Å². The molecule has 0 fully saturated rings. The Labute approximate surface area is 134 Å². The van der Waals surface area contributed by atoms with Crippen LogP contribution in [0.3, 0.4) is 0 Å². The molecule has 0 radical (unpaired) electrons. The summed E-state index contributed by atoms with van der Waals surface area (Å²) in [5.41, 5.74) is 0.814. The molecule has 5 nitrogen and oxygen atoms in total. The SMILES string of the molecule is O=C(CNC(=O)c1ccc(Br)o1)NCc1ccccc1Cl. The molecule has 0 aliphatic carbocycles. The third-order valence-corrected chi connectivity index (χ3v) is 3.44. The Hall–Kier alpha value is -1.79. The maximum Gasteiger partial charge on any atom is 0.287 e. The Morgan fingerprint density at radius 1 is 1.14 bits per heavy atom. The van der Waals surface area contributed by atoms with Gasteiger partial charge in [0.25, 0.3) is 5.91 Å². The molecular formula is C14H12BrClN2O3. The number of hydrogen-bond acceptors (Lipinski definition) is 3. The molecule has 0 unspecified atom stereocenters. The highest BCUT2D eigenvalue weighted by atomic mass is 79.9. The van der Waals surface area contributed by atoms with Crippen LogP contribution in [0.25, 0.3) is 0 Å². The van der Waals surface area contributed by atoms with Crippen LogP contribution in [-0.4, -0.2) is 18.4 Å². The van der Waals surface area contributed by atoms with Crippen LogP contribution in [0.1, 0.15) is 16.1 Å². The fourth-order valence-corrected chi connectivity index (χ4v) is 2.09. The van der Waals surface area contributed by atoms with Crippen LogP contribution in [0.2, 0.25) is 5.02 Å². The highest BCUT2D eigenvalue weighted by Crippen LogP contribution is 2.14. The van der Waals surface area contributed by atoms with Gasteiger partial charge in [0.2, 0.25) is 5.91 Å². The summed E-state index contributed by atoms with van der Waals surface area (Å²) < 4.78 is 5.53. The third-order valence-electron chi connectivity index (χ3n) is 2.64. The quantitative estimate of drug-likeness (QED) is 0.849. The number of amides is 2. The molecule has 21 heavy (non-hydrogen) atoms. The summed E-state index contributed by atoms with van der Waals surface area (Å²) >= 11 is 9.08. The van der Waals surface area contributed by atoms with E-state index >= 15 is 0 Å². The van der Waals surface area contributed by atoms with E-state index in [4.69, 9.17) is 16.0 Å². The largest absolute Gasteiger partial charge is 0.444 e. The number of rotatable bonds is 5. The summed E-state index contributed by atoms with van der Waals surface area (Å²) in [7, 11) is 0. The predicted molar refractivity (Wildman–Crippen MR) is 82.0 cm³/mol. The normalized spacial score (nSPS) is 10.2. The summed E-state index contributed by atoms with van der Waals surface area (Å²) in [4.78, 5) is 23.3. The van der Waals surface area contributed by atoms with Crippen LogP contribution in [0.5, 0.6) is 0 Å². The molecule has 0 saturated heterocycles. The van der Waals surface area contributed by atoms with Crippen LogP contribution in [0, 0.1) is 0 Å². The molecule has 0 aliphatic rings. The van der Waals surface area contributed by atoms with E-state index < -0.39 is 5.91 Å². The maximum atomic E-state index is 11.7. The maximum absolute atomic E-state index is 11.7. The summed E-state index contributed by atoms with van der Waals surface area (Å²) in [5, 5.41) is 5.72. The second kappa shape index (κ2) is 7.28. The van der Waals surface area contributed by atoms with E-state index in [2.05, 4.69) is 26.6 Å².